The van der Waals surface area contributed by atoms with E-state index in [4.69, 9.17) is 0 Å². The van der Waals surface area contributed by atoms with Gasteiger partial charge in [0.05, 0.1) is 17.4 Å². The average Bonchev–Trinajstić information content (AvgIpc) is 3.21. The number of carbonyl (C=O) groups excluding carboxylic acids is 2. The van der Waals surface area contributed by atoms with E-state index in [2.05, 4.69) is 31.9 Å². The molecule has 0 unspecified atom stereocenters. The highest BCUT2D eigenvalue weighted by atomic mass is 32.1. The van der Waals surface area contributed by atoms with Gasteiger partial charge in [0.15, 0.2) is 0 Å². The van der Waals surface area contributed by atoms with E-state index in [1.807, 2.05) is 45.0 Å². The topological polar surface area (TPSA) is 55.9 Å². The summed E-state index contributed by atoms with van der Waals surface area (Å²) in [6.45, 7) is 10.1. The van der Waals surface area contributed by atoms with Crippen LogP contribution in [0.4, 0.5) is 11.4 Å². The third-order valence-electron chi connectivity index (χ3n) is 6.03. The maximum absolute atomic E-state index is 13.6. The predicted molar refractivity (Wildman–Crippen MR) is 117 cm³/mol. The fraction of sp³-hybridized carbons (Fsp3) is 0.455. The van der Waals surface area contributed by atoms with Crippen molar-refractivity contribution >= 4 is 34.5 Å². The highest BCUT2D eigenvalue weighted by molar-refractivity contribution is 7.07. The van der Waals surface area contributed by atoms with Crippen molar-refractivity contribution < 1.29 is 9.59 Å². The van der Waals surface area contributed by atoms with Crippen LogP contribution >= 0.6 is 11.3 Å². The van der Waals surface area contributed by atoms with E-state index in [0.717, 1.165) is 38.4 Å². The lowest BCUT2D eigenvalue weighted by molar-refractivity contribution is -0.129. The number of nitrogens with zero attached hydrogens (tertiary/aromatic N) is 3. The van der Waals surface area contributed by atoms with Gasteiger partial charge in [-0.3, -0.25) is 24.3 Å². The number of fused-ring (bicyclic) bond motifs is 1. The molecule has 2 aliphatic rings. The van der Waals surface area contributed by atoms with Gasteiger partial charge in [-0.15, -0.1) is 0 Å². The molecule has 0 spiro atoms. The van der Waals surface area contributed by atoms with Gasteiger partial charge in [0, 0.05) is 32.7 Å². The zero-order valence-electron chi connectivity index (χ0n) is 17.2. The molecule has 2 amide bonds. The number of hydrogen-bond donors (Lipinski definition) is 1. The minimum atomic E-state index is -0.930. The molecule has 1 aromatic heterocycles. The maximum atomic E-state index is 13.6. The molecule has 3 heterocycles. The molecule has 0 bridgehead atoms. The second kappa shape index (κ2) is 7.89. The van der Waals surface area contributed by atoms with Crippen LogP contribution in [0.15, 0.2) is 41.1 Å². The predicted octanol–water partition coefficient (Wildman–Crippen LogP) is 3.02. The molecule has 4 rings (SSSR count). The number of hydrogen-bond acceptors (Lipinski definition) is 5. The quantitative estimate of drug-likeness (QED) is 0.839. The van der Waals surface area contributed by atoms with Crippen LogP contribution in [0.25, 0.3) is 0 Å². The number of thiophene rings is 1. The molecule has 0 saturated carbocycles. The van der Waals surface area contributed by atoms with Crippen LogP contribution in [0.2, 0.25) is 0 Å². The van der Waals surface area contributed by atoms with E-state index >= 15 is 0 Å². The highest BCUT2D eigenvalue weighted by Gasteiger charge is 2.45. The Bertz CT molecular complexity index is 888. The monoisotopic (exact) mass is 412 g/mol. The van der Waals surface area contributed by atoms with E-state index in [0.29, 0.717) is 5.69 Å². The summed E-state index contributed by atoms with van der Waals surface area (Å²) >= 11 is 1.73. The zero-order chi connectivity index (χ0) is 20.6. The van der Waals surface area contributed by atoms with E-state index in [9.17, 15) is 9.59 Å². The van der Waals surface area contributed by atoms with Gasteiger partial charge in [-0.2, -0.15) is 11.3 Å². The lowest BCUT2D eigenvalue weighted by atomic mass is 9.95. The molecular weight excluding hydrogens is 384 g/mol. The first kappa shape index (κ1) is 20.1. The van der Waals surface area contributed by atoms with Crippen LogP contribution in [-0.4, -0.2) is 59.4 Å². The van der Waals surface area contributed by atoms with Crippen LogP contribution in [0.3, 0.4) is 0 Å². The summed E-state index contributed by atoms with van der Waals surface area (Å²) in [4.78, 5) is 32.6. The number of benzene rings is 1. The van der Waals surface area contributed by atoms with Gasteiger partial charge in [0.2, 0.25) is 11.8 Å². The van der Waals surface area contributed by atoms with Gasteiger partial charge >= 0.3 is 0 Å². The van der Waals surface area contributed by atoms with Crippen LogP contribution in [0, 0.1) is 0 Å². The lowest BCUT2D eigenvalue weighted by Crippen LogP contribution is -2.63. The molecule has 0 aliphatic carbocycles. The molecular formula is C22H28N4O2S. The number of piperazine rings is 1. The van der Waals surface area contributed by atoms with Crippen LogP contribution in [0.1, 0.15) is 26.3 Å². The minimum absolute atomic E-state index is 0.0245. The number of anilines is 2. The maximum Gasteiger partial charge on any atom is 0.250 e. The second-order valence-corrected chi connectivity index (χ2v) is 9.10. The first-order valence-corrected chi connectivity index (χ1v) is 11.0. The summed E-state index contributed by atoms with van der Waals surface area (Å²) in [7, 11) is 0. The van der Waals surface area contributed by atoms with Crippen molar-refractivity contribution in [3.8, 4) is 0 Å². The Balaban J connectivity index is 1.47. The second-order valence-electron chi connectivity index (χ2n) is 8.32. The smallest absolute Gasteiger partial charge is 0.250 e. The molecule has 1 saturated heterocycles. The van der Waals surface area contributed by atoms with Gasteiger partial charge in [-0.05, 0) is 55.3 Å². The van der Waals surface area contributed by atoms with Crippen molar-refractivity contribution in [2.24, 2.45) is 0 Å². The normalized spacial score (nSPS) is 20.8. The van der Waals surface area contributed by atoms with Gasteiger partial charge in [-0.25, -0.2) is 0 Å². The van der Waals surface area contributed by atoms with Gasteiger partial charge in [0.25, 0.3) is 0 Å². The SMILES string of the molecule is C[C@H](C(=O)N1c2ccccc2NC(=O)C1(C)C)N1CCN(Cc2ccsc2)CC1. The molecule has 7 heteroatoms. The van der Waals surface area contributed by atoms with Crippen LogP contribution in [0.5, 0.6) is 0 Å². The molecule has 1 N–H and O–H groups in total. The van der Waals surface area contributed by atoms with Crippen molar-refractivity contribution in [1.82, 2.24) is 9.80 Å². The van der Waals surface area contributed by atoms with Gasteiger partial charge in [0.1, 0.15) is 5.54 Å². The Morgan fingerprint density at radius 3 is 2.59 bits per heavy atom. The standard InChI is InChI=1S/C22H28N4O2S/c1-16(25-11-9-24(10-12-25)14-17-8-13-29-15-17)20(27)26-19-7-5-4-6-18(19)23-21(28)22(26,2)3/h4-8,13,15-16H,9-12,14H2,1-3H3,(H,23,28)/t16-/m1/s1. The molecule has 29 heavy (non-hydrogen) atoms. The molecule has 2 aliphatic heterocycles. The first-order valence-electron chi connectivity index (χ1n) is 10.1. The Hall–Kier alpha value is -2.22. The fourth-order valence-corrected chi connectivity index (χ4v) is 4.80. The summed E-state index contributed by atoms with van der Waals surface area (Å²) in [5.74, 6) is -0.180. The minimum Gasteiger partial charge on any atom is -0.322 e. The van der Waals surface area contributed by atoms with Crippen molar-refractivity contribution in [1.29, 1.82) is 0 Å². The summed E-state index contributed by atoms with van der Waals surface area (Å²) in [5.41, 5.74) is 1.88. The summed E-state index contributed by atoms with van der Waals surface area (Å²) in [6, 6.07) is 9.41. The molecule has 1 atom stereocenters. The van der Waals surface area contributed by atoms with Crippen molar-refractivity contribution in [2.45, 2.75) is 38.9 Å². The molecule has 0 radical (unpaired) electrons. The number of carbonyl (C=O) groups is 2. The first-order chi connectivity index (χ1) is 13.9. The number of para-hydroxylation sites is 2. The summed E-state index contributed by atoms with van der Waals surface area (Å²) < 4.78 is 0. The van der Waals surface area contributed by atoms with E-state index in [1.165, 1.54) is 5.56 Å². The third kappa shape index (κ3) is 3.82. The summed E-state index contributed by atoms with van der Waals surface area (Å²) in [6.07, 6.45) is 0. The lowest BCUT2D eigenvalue weighted by Gasteiger charge is -2.45. The van der Waals surface area contributed by atoms with E-state index in [1.54, 1.807) is 16.2 Å². The van der Waals surface area contributed by atoms with Crippen LogP contribution in [-0.2, 0) is 16.1 Å². The molecule has 6 nitrogen and oxygen atoms in total. The van der Waals surface area contributed by atoms with Gasteiger partial charge in [-0.1, -0.05) is 12.1 Å². The van der Waals surface area contributed by atoms with E-state index in [-0.39, 0.29) is 17.9 Å². The number of amides is 2. The van der Waals surface area contributed by atoms with Crippen molar-refractivity contribution in [2.75, 3.05) is 36.4 Å². The zero-order valence-corrected chi connectivity index (χ0v) is 18.0. The molecule has 1 aromatic carbocycles. The molecule has 1 fully saturated rings. The largest absolute Gasteiger partial charge is 0.322 e. The van der Waals surface area contributed by atoms with Crippen LogP contribution < -0.4 is 10.2 Å². The Morgan fingerprint density at radius 1 is 1.17 bits per heavy atom. The Kier molecular flexibility index (Phi) is 5.46. The number of rotatable bonds is 4. The summed E-state index contributed by atoms with van der Waals surface area (Å²) in [5, 5.41) is 7.23. The third-order valence-corrected chi connectivity index (χ3v) is 6.76. The van der Waals surface area contributed by atoms with E-state index < -0.39 is 5.54 Å². The van der Waals surface area contributed by atoms with Crippen molar-refractivity contribution in [3.63, 3.8) is 0 Å². The van der Waals surface area contributed by atoms with Gasteiger partial charge < -0.3 is 5.32 Å². The molecule has 2 aromatic rings. The fourth-order valence-electron chi connectivity index (χ4n) is 4.14. The molecule has 154 valence electrons. The Labute approximate surface area is 176 Å². The average molecular weight is 413 g/mol. The van der Waals surface area contributed by atoms with Crippen molar-refractivity contribution in [3.05, 3.63) is 46.7 Å². The highest BCUT2D eigenvalue weighted by Crippen LogP contribution is 2.37. The Morgan fingerprint density at radius 2 is 1.90 bits per heavy atom. The number of nitrogens with one attached hydrogen (secondary N) is 1.